The van der Waals surface area contributed by atoms with Gasteiger partial charge >= 0.3 is 6.01 Å². The number of aliphatic hydroxyl groups is 1. The van der Waals surface area contributed by atoms with E-state index in [4.69, 9.17) is 33.7 Å². The lowest BCUT2D eigenvalue weighted by atomic mass is 9.80. The largest absolute Gasteiger partial charge is 0.497 e. The summed E-state index contributed by atoms with van der Waals surface area (Å²) < 4.78 is 32.6. The molecule has 56 heavy (non-hydrogen) atoms. The number of aliphatic hydroxyl groups excluding tert-OH is 1. The van der Waals surface area contributed by atoms with E-state index >= 15 is 0 Å². The molecular formula is C43H41N5O7S. The summed E-state index contributed by atoms with van der Waals surface area (Å²) in [6.45, 7) is 1.43. The predicted molar refractivity (Wildman–Crippen MR) is 212 cm³/mol. The van der Waals surface area contributed by atoms with Gasteiger partial charge in [0.05, 0.1) is 44.1 Å². The smallest absolute Gasteiger partial charge is 0.325 e. The molecule has 1 fully saturated rings. The highest BCUT2D eigenvalue weighted by Gasteiger charge is 2.42. The van der Waals surface area contributed by atoms with E-state index in [2.05, 4.69) is 11.4 Å². The Hall–Kier alpha value is -5.91. The van der Waals surface area contributed by atoms with Crippen LogP contribution in [0.4, 0.5) is 5.69 Å². The molecule has 3 heterocycles. The Kier molecular flexibility index (Phi) is 11.8. The van der Waals surface area contributed by atoms with Crippen molar-refractivity contribution in [2.45, 2.75) is 48.8 Å². The molecule has 286 valence electrons. The number of methoxy groups -OCH3 is 2. The minimum Gasteiger partial charge on any atom is -0.497 e. The van der Waals surface area contributed by atoms with Gasteiger partial charge in [0.15, 0.2) is 5.65 Å². The second-order valence-corrected chi connectivity index (χ2v) is 14.1. The first-order valence-electron chi connectivity index (χ1n) is 18.1. The molecule has 7 rings (SSSR count). The van der Waals surface area contributed by atoms with Gasteiger partial charge in [-0.3, -0.25) is 4.79 Å². The molecule has 1 saturated heterocycles. The van der Waals surface area contributed by atoms with E-state index in [0.717, 1.165) is 16.7 Å². The van der Waals surface area contributed by atoms with Crippen LogP contribution in [0.3, 0.4) is 0 Å². The van der Waals surface area contributed by atoms with Crippen LogP contribution in [0.15, 0.2) is 120 Å². The van der Waals surface area contributed by atoms with Gasteiger partial charge in [-0.2, -0.15) is 15.2 Å². The topological polar surface area (TPSA) is 150 Å². The van der Waals surface area contributed by atoms with Crippen LogP contribution in [0, 0.1) is 11.3 Å². The third-order valence-electron chi connectivity index (χ3n) is 9.49. The van der Waals surface area contributed by atoms with Crippen LogP contribution in [0.2, 0.25) is 0 Å². The van der Waals surface area contributed by atoms with Crippen LogP contribution in [-0.2, 0) is 19.9 Å². The maximum Gasteiger partial charge on any atom is 0.325 e. The SMILES string of the molecule is COc1ccc(C(OC[C@H]2O[C@@H](n3cc(NC(C)=O)c4c(SCCC#N)nc(Oc5ccccc5)nc43)C[C@@H]2O)(c2ccccc2)c2ccc(OC)cc2)cc1. The standard InChI is InChI=1S/C43H41N5O7S/c1-28(49)45-35-26-48(40-39(35)41(56-24-10-23-44)47-42(46-40)54-34-13-8-5-9-14-34)38-25-36(50)37(55-38)27-53-43(29-11-6-4-7-12-29,30-15-19-32(51-2)20-16-30)31-17-21-33(52-3)22-18-31/h4-9,11-22,26,36-38,50H,10,24-25,27H2,1-3H3,(H,45,49)/t36-,37+,38+/m0/s1. The fourth-order valence-corrected chi connectivity index (χ4v) is 7.73. The highest BCUT2D eigenvalue weighted by molar-refractivity contribution is 7.99. The molecule has 0 unspecified atom stereocenters. The van der Waals surface area contributed by atoms with Crippen molar-refractivity contribution in [2.75, 3.05) is 31.9 Å². The molecular weight excluding hydrogens is 731 g/mol. The van der Waals surface area contributed by atoms with Crippen molar-refractivity contribution < 1.29 is 33.6 Å². The number of hydrogen-bond acceptors (Lipinski definition) is 11. The molecule has 13 heteroatoms. The number of amides is 1. The maximum atomic E-state index is 12.4. The molecule has 0 spiro atoms. The number of aromatic nitrogens is 3. The van der Waals surface area contributed by atoms with Crippen molar-refractivity contribution in [1.29, 1.82) is 5.26 Å². The first-order chi connectivity index (χ1) is 27.3. The molecule has 12 nitrogen and oxygen atoms in total. The van der Waals surface area contributed by atoms with Crippen molar-refractivity contribution in [3.63, 3.8) is 0 Å². The fraction of sp³-hybridized carbons (Fsp3) is 0.256. The minimum absolute atomic E-state index is 0.00892. The number of nitrogens with zero attached hydrogens (tertiary/aromatic N) is 4. The molecule has 0 radical (unpaired) electrons. The number of thioether (sulfide) groups is 1. The zero-order chi connectivity index (χ0) is 39.1. The number of fused-ring (bicyclic) bond motifs is 1. The summed E-state index contributed by atoms with van der Waals surface area (Å²) in [5.41, 5.74) is 2.35. The van der Waals surface area contributed by atoms with Crippen LogP contribution >= 0.6 is 11.8 Å². The monoisotopic (exact) mass is 771 g/mol. The van der Waals surface area contributed by atoms with Crippen molar-refractivity contribution in [3.8, 4) is 29.3 Å². The molecule has 1 aliphatic heterocycles. The summed E-state index contributed by atoms with van der Waals surface area (Å²) in [7, 11) is 3.25. The number of nitriles is 1. The van der Waals surface area contributed by atoms with E-state index in [9.17, 15) is 15.2 Å². The van der Waals surface area contributed by atoms with Gasteiger partial charge in [0, 0.05) is 31.7 Å². The zero-order valence-electron chi connectivity index (χ0n) is 31.1. The molecule has 0 saturated carbocycles. The summed E-state index contributed by atoms with van der Waals surface area (Å²) >= 11 is 1.36. The first kappa shape index (κ1) is 38.4. The minimum atomic E-state index is -1.12. The fourth-order valence-electron chi connectivity index (χ4n) is 6.86. The zero-order valence-corrected chi connectivity index (χ0v) is 31.9. The highest BCUT2D eigenvalue weighted by atomic mass is 32.2. The summed E-state index contributed by atoms with van der Waals surface area (Å²) in [6, 6.07) is 36.8. The number of carbonyl (C=O) groups is 1. The highest BCUT2D eigenvalue weighted by Crippen LogP contribution is 2.44. The van der Waals surface area contributed by atoms with Crippen LogP contribution in [-0.4, -0.2) is 64.3 Å². The number of anilines is 1. The van der Waals surface area contributed by atoms with E-state index in [1.165, 1.54) is 18.7 Å². The molecule has 0 bridgehead atoms. The molecule has 3 atom stereocenters. The van der Waals surface area contributed by atoms with Crippen LogP contribution in [0.1, 0.15) is 42.7 Å². The molecule has 2 N–H and O–H groups in total. The van der Waals surface area contributed by atoms with E-state index in [1.54, 1.807) is 37.1 Å². The number of nitrogens with one attached hydrogen (secondary N) is 1. The third-order valence-corrected chi connectivity index (χ3v) is 10.5. The van der Waals surface area contributed by atoms with Gasteiger partial charge in [-0.05, 0) is 53.1 Å². The molecule has 1 amide bonds. The van der Waals surface area contributed by atoms with Crippen LogP contribution < -0.4 is 19.5 Å². The van der Waals surface area contributed by atoms with Gasteiger partial charge in [0.1, 0.15) is 40.2 Å². The average molecular weight is 772 g/mol. The van der Waals surface area contributed by atoms with Crippen LogP contribution in [0.25, 0.3) is 11.0 Å². The Bertz CT molecular complexity index is 2250. The average Bonchev–Trinajstić information content (AvgIpc) is 3.78. The number of hydrogen-bond donors (Lipinski definition) is 2. The van der Waals surface area contributed by atoms with Gasteiger partial charge in [0.2, 0.25) is 5.91 Å². The van der Waals surface area contributed by atoms with E-state index in [-0.39, 0.29) is 24.9 Å². The normalized spacial score (nSPS) is 16.7. The van der Waals surface area contributed by atoms with Crippen LogP contribution in [0.5, 0.6) is 23.3 Å². The Morgan fingerprint density at radius 1 is 0.911 bits per heavy atom. The molecule has 6 aromatic rings. The van der Waals surface area contributed by atoms with Crippen molar-refractivity contribution in [1.82, 2.24) is 14.5 Å². The Morgan fingerprint density at radius 3 is 2.11 bits per heavy atom. The Morgan fingerprint density at radius 2 is 1.52 bits per heavy atom. The first-order valence-corrected chi connectivity index (χ1v) is 19.1. The second kappa shape index (κ2) is 17.3. The number of rotatable bonds is 15. The molecule has 1 aliphatic rings. The quantitative estimate of drug-likeness (QED) is 0.0455. The predicted octanol–water partition coefficient (Wildman–Crippen LogP) is 7.86. The maximum absolute atomic E-state index is 12.4. The van der Waals surface area contributed by atoms with E-state index in [0.29, 0.717) is 51.2 Å². The Labute approximate surface area is 329 Å². The van der Waals surface area contributed by atoms with Gasteiger partial charge in [-0.15, -0.1) is 11.8 Å². The van der Waals surface area contributed by atoms with Gasteiger partial charge < -0.3 is 38.7 Å². The summed E-state index contributed by atoms with van der Waals surface area (Å²) in [5.74, 6) is 2.12. The van der Waals surface area contributed by atoms with Gasteiger partial charge in [-0.1, -0.05) is 72.8 Å². The van der Waals surface area contributed by atoms with E-state index in [1.807, 2.05) is 97.1 Å². The lowest BCUT2D eigenvalue weighted by Gasteiger charge is -2.37. The van der Waals surface area contributed by atoms with E-state index < -0.39 is 24.0 Å². The molecule has 0 aliphatic carbocycles. The van der Waals surface area contributed by atoms with Gasteiger partial charge in [-0.25, -0.2) is 0 Å². The number of ether oxygens (including phenoxy) is 5. The van der Waals surface area contributed by atoms with Crippen molar-refractivity contribution in [3.05, 3.63) is 132 Å². The van der Waals surface area contributed by atoms with Gasteiger partial charge in [0.25, 0.3) is 0 Å². The number of carbonyl (C=O) groups excluding carboxylic acids is 1. The number of benzene rings is 4. The van der Waals surface area contributed by atoms with Crippen molar-refractivity contribution in [2.24, 2.45) is 0 Å². The summed E-state index contributed by atoms with van der Waals surface area (Å²) in [5, 5.41) is 24.9. The molecule has 4 aromatic carbocycles. The third kappa shape index (κ3) is 8.05. The molecule has 2 aromatic heterocycles. The Balaban J connectivity index is 1.26. The summed E-state index contributed by atoms with van der Waals surface area (Å²) in [6.07, 6.45) is -0.145. The number of para-hydroxylation sites is 1. The van der Waals surface area contributed by atoms with Crippen molar-refractivity contribution >= 4 is 34.4 Å². The summed E-state index contributed by atoms with van der Waals surface area (Å²) in [4.78, 5) is 21.9. The lowest BCUT2D eigenvalue weighted by molar-refractivity contribution is -0.114. The lowest BCUT2D eigenvalue weighted by Crippen LogP contribution is -2.38. The second-order valence-electron chi connectivity index (χ2n) is 13.1.